The Kier molecular flexibility index (Phi) is 3.41. The molecule has 2 aliphatic rings. The van der Waals surface area contributed by atoms with Crippen LogP contribution in [0.15, 0.2) is 42.7 Å². The zero-order valence-electron chi connectivity index (χ0n) is 12.7. The first-order valence-electron chi connectivity index (χ1n) is 7.80. The van der Waals surface area contributed by atoms with Crippen molar-refractivity contribution in [2.45, 2.75) is 6.42 Å². The molecule has 24 heavy (non-hydrogen) atoms. The predicted molar refractivity (Wildman–Crippen MR) is 84.0 cm³/mol. The molecule has 0 unspecified atom stereocenters. The number of carboxylic acids is 1. The van der Waals surface area contributed by atoms with Crippen LogP contribution in [0.1, 0.15) is 6.42 Å². The molecule has 2 N–H and O–H groups in total. The minimum atomic E-state index is -1.17. The lowest BCUT2D eigenvalue weighted by Gasteiger charge is -2.27. The van der Waals surface area contributed by atoms with Crippen molar-refractivity contribution >= 4 is 28.6 Å². The molecule has 0 aliphatic heterocycles. The van der Waals surface area contributed by atoms with Gasteiger partial charge in [-0.25, -0.2) is 9.97 Å². The molecule has 2 aliphatic carbocycles. The summed E-state index contributed by atoms with van der Waals surface area (Å²) < 4.78 is 0. The number of aromatic nitrogens is 2. The van der Waals surface area contributed by atoms with Crippen molar-refractivity contribution in [1.29, 1.82) is 0 Å². The number of hydrazine groups is 1. The minimum absolute atomic E-state index is 0.0538. The first kappa shape index (κ1) is 14.6. The number of carboxylic acid groups (broad SMARTS) is 1. The molecule has 0 spiro atoms. The summed E-state index contributed by atoms with van der Waals surface area (Å²) in [6.07, 6.45) is 5.89. The fourth-order valence-corrected chi connectivity index (χ4v) is 3.81. The van der Waals surface area contributed by atoms with Crippen molar-refractivity contribution in [3.63, 3.8) is 0 Å². The van der Waals surface area contributed by atoms with Crippen LogP contribution >= 0.6 is 0 Å². The molecular formula is C17H15N4O3-. The SMILES string of the molecule is O=C([O-])[C@@H]1[C@@H](C(=O)NNc2ncnc3ccccc23)[C@H]2C=C[C@H]1C2. The average Bonchev–Trinajstić information content (AvgIpc) is 3.20. The smallest absolute Gasteiger partial charge is 0.242 e. The van der Waals surface area contributed by atoms with Gasteiger partial charge in [-0.3, -0.25) is 15.6 Å². The van der Waals surface area contributed by atoms with Gasteiger partial charge in [-0.05, 0) is 30.4 Å². The Bertz CT molecular complexity index is 845. The molecule has 1 amide bonds. The van der Waals surface area contributed by atoms with Gasteiger partial charge in [-0.15, -0.1) is 0 Å². The fraction of sp³-hybridized carbons (Fsp3) is 0.294. The molecular weight excluding hydrogens is 308 g/mol. The Morgan fingerprint density at radius 1 is 1.08 bits per heavy atom. The highest BCUT2D eigenvalue weighted by molar-refractivity contribution is 5.91. The van der Waals surface area contributed by atoms with Crippen LogP contribution in [0.3, 0.4) is 0 Å². The van der Waals surface area contributed by atoms with Crippen molar-refractivity contribution in [2.24, 2.45) is 23.7 Å². The second kappa shape index (κ2) is 5.59. The Labute approximate surface area is 137 Å². The summed E-state index contributed by atoms with van der Waals surface area (Å²) >= 11 is 0. The lowest BCUT2D eigenvalue weighted by Crippen LogP contribution is -2.46. The van der Waals surface area contributed by atoms with E-state index in [4.69, 9.17) is 0 Å². The van der Waals surface area contributed by atoms with Crippen molar-refractivity contribution in [2.75, 3.05) is 5.43 Å². The van der Waals surface area contributed by atoms with Gasteiger partial charge in [-0.1, -0.05) is 24.3 Å². The lowest BCUT2D eigenvalue weighted by atomic mass is 9.82. The normalized spacial score (nSPS) is 27.3. The zero-order valence-corrected chi connectivity index (χ0v) is 12.7. The number of fused-ring (bicyclic) bond motifs is 3. The Balaban J connectivity index is 1.52. The Morgan fingerprint density at radius 3 is 2.62 bits per heavy atom. The van der Waals surface area contributed by atoms with Gasteiger partial charge in [0.1, 0.15) is 6.33 Å². The molecule has 7 heteroatoms. The third kappa shape index (κ3) is 2.29. The first-order chi connectivity index (χ1) is 11.6. The van der Waals surface area contributed by atoms with E-state index in [0.29, 0.717) is 12.2 Å². The second-order valence-electron chi connectivity index (χ2n) is 6.17. The van der Waals surface area contributed by atoms with Gasteiger partial charge < -0.3 is 9.90 Å². The van der Waals surface area contributed by atoms with E-state index in [0.717, 1.165) is 10.9 Å². The fourth-order valence-electron chi connectivity index (χ4n) is 3.81. The molecule has 2 aromatic rings. The van der Waals surface area contributed by atoms with Gasteiger partial charge in [0.2, 0.25) is 5.91 Å². The monoisotopic (exact) mass is 323 g/mol. The van der Waals surface area contributed by atoms with E-state index in [2.05, 4.69) is 20.8 Å². The van der Waals surface area contributed by atoms with Crippen LogP contribution in [0.2, 0.25) is 0 Å². The van der Waals surface area contributed by atoms with E-state index in [1.54, 1.807) is 0 Å². The lowest BCUT2D eigenvalue weighted by molar-refractivity contribution is -0.313. The van der Waals surface area contributed by atoms with Crippen LogP contribution in [0.25, 0.3) is 10.9 Å². The Hall–Kier alpha value is -2.96. The molecule has 7 nitrogen and oxygen atoms in total. The number of nitrogens with one attached hydrogen (secondary N) is 2. The van der Waals surface area contributed by atoms with Crippen molar-refractivity contribution in [1.82, 2.24) is 15.4 Å². The molecule has 0 saturated heterocycles. The number of allylic oxidation sites excluding steroid dienone is 2. The number of rotatable bonds is 4. The largest absolute Gasteiger partial charge is 0.550 e. The van der Waals surface area contributed by atoms with Crippen LogP contribution in [-0.4, -0.2) is 21.8 Å². The summed E-state index contributed by atoms with van der Waals surface area (Å²) in [5.74, 6) is -2.62. The highest BCUT2D eigenvalue weighted by Crippen LogP contribution is 2.47. The standard InChI is InChI=1S/C17H16N4O3/c22-16(13-9-5-6-10(7-9)14(13)17(23)24)21-20-15-11-3-1-2-4-12(11)18-8-19-15/h1-6,8-10,13-14H,7H2,(H,21,22)(H,23,24)(H,18,19,20)/p-1/t9-,10-,13-,14-/m0/s1. The maximum Gasteiger partial charge on any atom is 0.242 e. The van der Waals surface area contributed by atoms with Crippen LogP contribution < -0.4 is 16.0 Å². The highest BCUT2D eigenvalue weighted by Gasteiger charge is 2.48. The number of carbonyl (C=O) groups is 2. The molecule has 1 saturated carbocycles. The van der Waals surface area contributed by atoms with Crippen LogP contribution in [0.5, 0.6) is 0 Å². The summed E-state index contributed by atoms with van der Waals surface area (Å²) in [6, 6.07) is 7.40. The van der Waals surface area contributed by atoms with E-state index in [-0.39, 0.29) is 17.7 Å². The van der Waals surface area contributed by atoms with Crippen LogP contribution in [0, 0.1) is 23.7 Å². The van der Waals surface area contributed by atoms with Crippen molar-refractivity contribution in [3.8, 4) is 0 Å². The first-order valence-corrected chi connectivity index (χ1v) is 7.80. The van der Waals surface area contributed by atoms with Gasteiger partial charge >= 0.3 is 0 Å². The summed E-state index contributed by atoms with van der Waals surface area (Å²) in [5, 5.41) is 12.2. The number of nitrogens with zero attached hydrogens (tertiary/aromatic N) is 2. The number of carbonyl (C=O) groups excluding carboxylic acids is 2. The maximum absolute atomic E-state index is 12.5. The van der Waals surface area contributed by atoms with E-state index >= 15 is 0 Å². The number of hydrogen-bond donors (Lipinski definition) is 2. The average molecular weight is 323 g/mol. The molecule has 1 aromatic carbocycles. The molecule has 122 valence electrons. The summed E-state index contributed by atoms with van der Waals surface area (Å²) in [7, 11) is 0. The van der Waals surface area contributed by atoms with Crippen LogP contribution in [0.4, 0.5) is 5.82 Å². The summed E-state index contributed by atoms with van der Waals surface area (Å²) in [5.41, 5.74) is 6.14. The van der Waals surface area contributed by atoms with Crippen LogP contribution in [-0.2, 0) is 9.59 Å². The van der Waals surface area contributed by atoms with E-state index < -0.39 is 17.8 Å². The number of benzene rings is 1. The number of para-hydroxylation sites is 1. The molecule has 4 atom stereocenters. The number of amides is 1. The Morgan fingerprint density at radius 2 is 1.83 bits per heavy atom. The van der Waals surface area contributed by atoms with Crippen molar-refractivity contribution < 1.29 is 14.7 Å². The van der Waals surface area contributed by atoms with E-state index in [1.807, 2.05) is 36.4 Å². The van der Waals surface area contributed by atoms with Gasteiger partial charge in [-0.2, -0.15) is 0 Å². The molecule has 0 radical (unpaired) electrons. The van der Waals surface area contributed by atoms with E-state index in [9.17, 15) is 14.7 Å². The third-order valence-corrected chi connectivity index (χ3v) is 4.88. The third-order valence-electron chi connectivity index (χ3n) is 4.88. The van der Waals surface area contributed by atoms with Gasteiger partial charge in [0.25, 0.3) is 0 Å². The maximum atomic E-state index is 12.5. The molecule has 1 aromatic heterocycles. The van der Waals surface area contributed by atoms with Gasteiger partial charge in [0.05, 0.1) is 11.4 Å². The molecule has 1 heterocycles. The topological polar surface area (TPSA) is 107 Å². The number of aliphatic carboxylic acids is 1. The zero-order chi connectivity index (χ0) is 16.7. The molecule has 1 fully saturated rings. The predicted octanol–water partition coefficient (Wildman–Crippen LogP) is 0.261. The quantitative estimate of drug-likeness (QED) is 0.617. The van der Waals surface area contributed by atoms with Gasteiger partial charge in [0, 0.05) is 17.3 Å². The van der Waals surface area contributed by atoms with Crippen molar-refractivity contribution in [3.05, 3.63) is 42.7 Å². The highest BCUT2D eigenvalue weighted by atomic mass is 16.4. The minimum Gasteiger partial charge on any atom is -0.550 e. The van der Waals surface area contributed by atoms with Gasteiger partial charge in [0.15, 0.2) is 5.82 Å². The summed E-state index contributed by atoms with van der Waals surface area (Å²) in [4.78, 5) is 32.2. The number of anilines is 1. The van der Waals surface area contributed by atoms with E-state index in [1.165, 1.54) is 6.33 Å². The molecule has 2 bridgehead atoms. The number of hydrogen-bond acceptors (Lipinski definition) is 6. The molecule has 4 rings (SSSR count). The summed E-state index contributed by atoms with van der Waals surface area (Å²) in [6.45, 7) is 0. The second-order valence-corrected chi connectivity index (χ2v) is 6.17.